The molecule has 3 nitrogen and oxygen atoms in total. The molecular weight excluding hydrogens is 220 g/mol. The minimum Gasteiger partial charge on any atom is -0.303 e. The maximum atomic E-state index is 10.1. The second-order valence-electron chi connectivity index (χ2n) is 2.37. The summed E-state index contributed by atoms with van der Waals surface area (Å²) < 4.78 is 2.57. The molecule has 0 fully saturated rings. The second-order valence-corrected chi connectivity index (χ2v) is 3.29. The van der Waals surface area contributed by atoms with Crippen LogP contribution < -0.4 is 0 Å². The van der Waals surface area contributed by atoms with Crippen LogP contribution in [0.4, 0.5) is 0 Å². The van der Waals surface area contributed by atoms with Crippen LogP contribution in [0.5, 0.6) is 0 Å². The normalized spacial score (nSPS) is 9.75. The predicted octanol–water partition coefficient (Wildman–Crippen LogP) is 2.10. The van der Waals surface area contributed by atoms with Crippen LogP contribution in [0.25, 0.3) is 5.70 Å². The predicted molar refractivity (Wildman–Crippen MR) is 50.6 cm³/mol. The highest BCUT2D eigenvalue weighted by Gasteiger charge is 1.98. The zero-order chi connectivity index (χ0) is 8.97. The van der Waals surface area contributed by atoms with Gasteiger partial charge in [0.1, 0.15) is 6.29 Å². The van der Waals surface area contributed by atoms with E-state index in [1.807, 2.05) is 6.20 Å². The Kier molecular flexibility index (Phi) is 3.22. The van der Waals surface area contributed by atoms with Crippen molar-refractivity contribution in [3.05, 3.63) is 23.4 Å². The molecule has 1 aromatic heterocycles. The highest BCUT2D eigenvalue weighted by Crippen LogP contribution is 2.12. The van der Waals surface area contributed by atoms with Gasteiger partial charge in [-0.1, -0.05) is 6.58 Å². The molecular formula is C8H9BrN2O. The molecule has 1 rings (SSSR count). The van der Waals surface area contributed by atoms with Crippen molar-refractivity contribution >= 4 is 27.9 Å². The molecule has 0 atom stereocenters. The number of aldehydes is 1. The van der Waals surface area contributed by atoms with Gasteiger partial charge < -0.3 is 4.79 Å². The molecule has 0 aliphatic rings. The maximum absolute atomic E-state index is 10.1. The third kappa shape index (κ3) is 2.30. The van der Waals surface area contributed by atoms with Crippen LogP contribution in [0.1, 0.15) is 12.8 Å². The first-order valence-corrected chi connectivity index (χ1v) is 4.35. The van der Waals surface area contributed by atoms with E-state index in [4.69, 9.17) is 0 Å². The number of rotatable bonds is 4. The number of carbonyl (C=O) groups excluding carboxylic acids is 1. The summed E-state index contributed by atoms with van der Waals surface area (Å²) >= 11 is 3.27. The lowest BCUT2D eigenvalue weighted by Gasteiger charge is -2.01. The number of allylic oxidation sites excluding steroid dienone is 1. The first-order valence-electron chi connectivity index (χ1n) is 3.56. The number of hydrogen-bond acceptors (Lipinski definition) is 2. The summed E-state index contributed by atoms with van der Waals surface area (Å²) in [6.07, 6.45) is 5.52. The van der Waals surface area contributed by atoms with E-state index in [0.29, 0.717) is 12.8 Å². The molecule has 1 heterocycles. The first-order chi connectivity index (χ1) is 5.74. The monoisotopic (exact) mass is 228 g/mol. The van der Waals surface area contributed by atoms with Crippen molar-refractivity contribution in [1.29, 1.82) is 0 Å². The average Bonchev–Trinajstić information content (AvgIpc) is 2.47. The van der Waals surface area contributed by atoms with Gasteiger partial charge in [0.15, 0.2) is 0 Å². The molecule has 1 aromatic rings. The van der Waals surface area contributed by atoms with E-state index in [0.717, 1.165) is 16.5 Å². The van der Waals surface area contributed by atoms with E-state index in [9.17, 15) is 4.79 Å². The molecule has 64 valence electrons. The lowest BCUT2D eigenvalue weighted by molar-refractivity contribution is -0.107. The van der Waals surface area contributed by atoms with E-state index in [-0.39, 0.29) is 0 Å². The van der Waals surface area contributed by atoms with Crippen molar-refractivity contribution in [1.82, 2.24) is 9.78 Å². The quantitative estimate of drug-likeness (QED) is 0.741. The highest BCUT2D eigenvalue weighted by molar-refractivity contribution is 9.10. The summed E-state index contributed by atoms with van der Waals surface area (Å²) in [6, 6.07) is 0. The van der Waals surface area contributed by atoms with Crippen molar-refractivity contribution in [2.24, 2.45) is 0 Å². The summed E-state index contributed by atoms with van der Waals surface area (Å²) in [5, 5.41) is 4.02. The SMILES string of the molecule is C=C(CCC=O)n1cc(Br)cn1. The fourth-order valence-corrected chi connectivity index (χ4v) is 1.10. The van der Waals surface area contributed by atoms with E-state index >= 15 is 0 Å². The van der Waals surface area contributed by atoms with Gasteiger partial charge in [0.2, 0.25) is 0 Å². The van der Waals surface area contributed by atoms with E-state index in [2.05, 4.69) is 27.6 Å². The molecule has 0 spiro atoms. The largest absolute Gasteiger partial charge is 0.303 e. The van der Waals surface area contributed by atoms with Crippen LogP contribution in [0, 0.1) is 0 Å². The summed E-state index contributed by atoms with van der Waals surface area (Å²) in [4.78, 5) is 10.1. The topological polar surface area (TPSA) is 34.9 Å². The van der Waals surface area contributed by atoms with E-state index in [1.54, 1.807) is 10.9 Å². The number of aromatic nitrogens is 2. The smallest absolute Gasteiger partial charge is 0.120 e. The van der Waals surface area contributed by atoms with Crippen molar-refractivity contribution in [3.8, 4) is 0 Å². The summed E-state index contributed by atoms with van der Waals surface area (Å²) in [7, 11) is 0. The third-order valence-electron chi connectivity index (χ3n) is 1.43. The molecule has 4 heteroatoms. The summed E-state index contributed by atoms with van der Waals surface area (Å²) in [6.45, 7) is 3.80. The second kappa shape index (κ2) is 4.21. The van der Waals surface area contributed by atoms with Crippen molar-refractivity contribution in [2.45, 2.75) is 12.8 Å². The molecule has 0 aliphatic carbocycles. The van der Waals surface area contributed by atoms with Crippen LogP contribution in [0.15, 0.2) is 23.4 Å². The number of carbonyl (C=O) groups is 1. The van der Waals surface area contributed by atoms with Crippen molar-refractivity contribution < 1.29 is 4.79 Å². The first kappa shape index (κ1) is 9.19. The third-order valence-corrected chi connectivity index (χ3v) is 1.84. The van der Waals surface area contributed by atoms with Gasteiger partial charge in [0, 0.05) is 18.3 Å². The van der Waals surface area contributed by atoms with Gasteiger partial charge in [0.05, 0.1) is 10.7 Å². The summed E-state index contributed by atoms with van der Waals surface area (Å²) in [5.41, 5.74) is 0.827. The Labute approximate surface area is 79.2 Å². The van der Waals surface area contributed by atoms with Gasteiger partial charge in [-0.3, -0.25) is 0 Å². The Hall–Kier alpha value is -0.900. The van der Waals surface area contributed by atoms with Crippen LogP contribution in [0.3, 0.4) is 0 Å². The van der Waals surface area contributed by atoms with E-state index < -0.39 is 0 Å². The van der Waals surface area contributed by atoms with Gasteiger partial charge in [-0.2, -0.15) is 5.10 Å². The van der Waals surface area contributed by atoms with Crippen molar-refractivity contribution in [2.75, 3.05) is 0 Å². The van der Waals surface area contributed by atoms with Gasteiger partial charge in [0.25, 0.3) is 0 Å². The molecule has 0 unspecified atom stereocenters. The van der Waals surface area contributed by atoms with Crippen LogP contribution in [0.2, 0.25) is 0 Å². The molecule has 0 aromatic carbocycles. The van der Waals surface area contributed by atoms with Gasteiger partial charge in [-0.25, -0.2) is 4.68 Å². The Morgan fingerprint density at radius 1 is 1.83 bits per heavy atom. The minimum atomic E-state index is 0.496. The van der Waals surface area contributed by atoms with Gasteiger partial charge >= 0.3 is 0 Å². The van der Waals surface area contributed by atoms with Gasteiger partial charge in [-0.05, 0) is 22.4 Å². The Morgan fingerprint density at radius 2 is 2.58 bits per heavy atom. The van der Waals surface area contributed by atoms with E-state index in [1.165, 1.54) is 0 Å². The van der Waals surface area contributed by atoms with Crippen LogP contribution >= 0.6 is 15.9 Å². The highest BCUT2D eigenvalue weighted by atomic mass is 79.9. The molecule has 0 radical (unpaired) electrons. The zero-order valence-corrected chi connectivity index (χ0v) is 8.12. The summed E-state index contributed by atoms with van der Waals surface area (Å²) in [5.74, 6) is 0. The number of nitrogens with zero attached hydrogens (tertiary/aromatic N) is 2. The van der Waals surface area contributed by atoms with Crippen LogP contribution in [-0.2, 0) is 4.79 Å². The van der Waals surface area contributed by atoms with Crippen LogP contribution in [-0.4, -0.2) is 16.1 Å². The average molecular weight is 229 g/mol. The lowest BCUT2D eigenvalue weighted by Crippen LogP contribution is -1.95. The Balaban J connectivity index is 2.59. The zero-order valence-electron chi connectivity index (χ0n) is 6.53. The molecule has 12 heavy (non-hydrogen) atoms. The molecule has 0 saturated carbocycles. The number of halogens is 1. The minimum absolute atomic E-state index is 0.496. The van der Waals surface area contributed by atoms with Crippen molar-refractivity contribution in [3.63, 3.8) is 0 Å². The molecule has 0 N–H and O–H groups in total. The Morgan fingerprint density at radius 3 is 3.08 bits per heavy atom. The fraction of sp³-hybridized carbons (Fsp3) is 0.250. The lowest BCUT2D eigenvalue weighted by atomic mass is 10.3. The fourth-order valence-electron chi connectivity index (χ4n) is 0.814. The molecule has 0 amide bonds. The molecule has 0 saturated heterocycles. The Bertz CT molecular complexity index is 293. The molecule has 0 bridgehead atoms. The number of hydrogen-bond donors (Lipinski definition) is 0. The van der Waals surface area contributed by atoms with Gasteiger partial charge in [-0.15, -0.1) is 0 Å². The molecule has 0 aliphatic heterocycles. The standard InChI is InChI=1S/C8H9BrN2O/c1-7(3-2-4-12)11-6-8(9)5-10-11/h4-6H,1-3H2. The maximum Gasteiger partial charge on any atom is 0.120 e.